The van der Waals surface area contributed by atoms with E-state index in [-0.39, 0.29) is 16.5 Å². The van der Waals surface area contributed by atoms with Gasteiger partial charge in [0, 0.05) is 16.5 Å². The monoisotopic (exact) mass is 230 g/mol. The maximum atomic E-state index is 11.0. The van der Waals surface area contributed by atoms with Crippen molar-refractivity contribution in [2.75, 3.05) is 0 Å². The number of aliphatic carboxylic acids is 1. The van der Waals surface area contributed by atoms with Crippen molar-refractivity contribution in [1.82, 2.24) is 0 Å². The average molecular weight is 231 g/mol. The van der Waals surface area contributed by atoms with Crippen molar-refractivity contribution in [1.29, 1.82) is 0 Å². The van der Waals surface area contributed by atoms with Gasteiger partial charge in [0.2, 0.25) is 0 Å². The van der Waals surface area contributed by atoms with E-state index in [9.17, 15) is 4.79 Å². The number of hydrogen-bond donors (Lipinski definition) is 1. The summed E-state index contributed by atoms with van der Waals surface area (Å²) in [5, 5.41) is 9.05. The molecule has 0 amide bonds. The summed E-state index contributed by atoms with van der Waals surface area (Å²) in [4.78, 5) is 11.0. The minimum Gasteiger partial charge on any atom is -0.481 e. The largest absolute Gasteiger partial charge is 0.481 e. The molecule has 0 aliphatic heterocycles. The molecule has 0 atom stereocenters. The van der Waals surface area contributed by atoms with Crippen molar-refractivity contribution < 1.29 is 26.4 Å². The summed E-state index contributed by atoms with van der Waals surface area (Å²) in [5.74, 6) is -0.624. The predicted molar refractivity (Wildman–Crippen MR) is 50.2 cm³/mol. The molecule has 0 aromatic carbocycles. The van der Waals surface area contributed by atoms with Crippen LogP contribution in [0.5, 0.6) is 0 Å². The van der Waals surface area contributed by atoms with E-state index in [4.69, 9.17) is 5.11 Å². The van der Waals surface area contributed by atoms with E-state index in [1.165, 1.54) is 0 Å². The number of carboxylic acid groups (broad SMARTS) is 1. The fraction of sp³-hybridized carbons (Fsp3) is 0.900. The van der Waals surface area contributed by atoms with Gasteiger partial charge in [0.25, 0.3) is 0 Å². The van der Waals surface area contributed by atoms with Gasteiger partial charge in [-0.25, -0.2) is 0 Å². The molecule has 0 saturated heterocycles. The number of carboxylic acids is 1. The van der Waals surface area contributed by atoms with Crippen molar-refractivity contribution in [3.8, 4) is 0 Å². The maximum Gasteiger partial charge on any atom is 0.309 e. The van der Waals surface area contributed by atoms with E-state index in [2.05, 4.69) is 6.92 Å². The fourth-order valence-electron chi connectivity index (χ4n) is 1.53. The average Bonchev–Trinajstić information content (AvgIpc) is 2.07. The number of carbonyl (C=O) groups is 1. The van der Waals surface area contributed by atoms with Crippen LogP contribution in [0.25, 0.3) is 0 Å². The summed E-state index contributed by atoms with van der Waals surface area (Å²) >= 11 is 0. The second kappa shape index (κ2) is 7.38. The zero-order valence-electron chi connectivity index (χ0n) is 8.71. The van der Waals surface area contributed by atoms with Gasteiger partial charge in [-0.2, -0.15) is 0 Å². The molecule has 2 nitrogen and oxygen atoms in total. The third-order valence-electron chi connectivity index (χ3n) is 2.82. The minimum absolute atomic E-state index is 0. The quantitative estimate of drug-likeness (QED) is 0.713. The van der Waals surface area contributed by atoms with Gasteiger partial charge in [-0.3, -0.25) is 4.79 Å². The van der Waals surface area contributed by atoms with Crippen molar-refractivity contribution >= 4 is 5.97 Å². The zero-order chi connectivity index (χ0) is 9.61. The molecule has 1 N–H and O–H groups in total. The third-order valence-corrected chi connectivity index (χ3v) is 2.82. The predicted octanol–water partition coefficient (Wildman–Crippen LogP) is 3.07. The molecule has 0 aromatic heterocycles. The fourth-order valence-corrected chi connectivity index (χ4v) is 1.53. The zero-order valence-corrected chi connectivity index (χ0v) is 9.69. The Morgan fingerprint density at radius 3 is 1.92 bits per heavy atom. The topological polar surface area (TPSA) is 37.3 Å². The molecule has 0 radical (unpaired) electrons. The second-order valence-corrected chi connectivity index (χ2v) is 3.40. The first-order valence-corrected chi connectivity index (χ1v) is 4.86. The minimum atomic E-state index is -0.624. The normalized spacial score (nSPS) is 10.7. The third kappa shape index (κ3) is 4.13. The van der Waals surface area contributed by atoms with E-state index in [0.29, 0.717) is 0 Å². The Morgan fingerprint density at radius 2 is 1.69 bits per heavy atom. The van der Waals surface area contributed by atoms with Gasteiger partial charge in [0.15, 0.2) is 0 Å². The molecule has 0 heterocycles. The van der Waals surface area contributed by atoms with Gasteiger partial charge in [-0.15, -0.1) is 0 Å². The molecular weight excluding hydrogens is 211 g/mol. The Morgan fingerprint density at radius 1 is 1.23 bits per heavy atom. The molecule has 82 valence electrons. The SMILES string of the molecule is CCCCC(CC)(CC)C(=O)O.[Ni]. The van der Waals surface area contributed by atoms with Crippen molar-refractivity contribution in [3.05, 3.63) is 0 Å². The molecule has 0 fully saturated rings. The Bertz CT molecular complexity index is 142. The standard InChI is InChI=1S/C10H20O2.Ni/c1-4-7-8-10(5-2,6-3)9(11)12;/h4-8H2,1-3H3,(H,11,12);. The summed E-state index contributed by atoms with van der Waals surface area (Å²) < 4.78 is 0. The Kier molecular flexibility index (Phi) is 8.76. The molecule has 0 unspecified atom stereocenters. The first-order valence-electron chi connectivity index (χ1n) is 4.86. The van der Waals surface area contributed by atoms with Gasteiger partial charge in [0.1, 0.15) is 0 Å². The van der Waals surface area contributed by atoms with E-state index in [1.54, 1.807) is 0 Å². The molecule has 0 aliphatic carbocycles. The Hall–Kier alpha value is -0.0365. The van der Waals surface area contributed by atoms with Crippen molar-refractivity contribution in [2.24, 2.45) is 5.41 Å². The van der Waals surface area contributed by atoms with E-state index >= 15 is 0 Å². The molecular formula is C10H20NiO2. The number of hydrogen-bond acceptors (Lipinski definition) is 1. The number of unbranched alkanes of at least 4 members (excludes halogenated alkanes) is 1. The van der Waals surface area contributed by atoms with Crippen LogP contribution in [0.3, 0.4) is 0 Å². The number of rotatable bonds is 6. The van der Waals surface area contributed by atoms with Crippen LogP contribution in [-0.4, -0.2) is 11.1 Å². The van der Waals surface area contributed by atoms with Crippen LogP contribution in [0.2, 0.25) is 0 Å². The first kappa shape index (κ1) is 15.4. The van der Waals surface area contributed by atoms with Crippen LogP contribution in [-0.2, 0) is 21.3 Å². The molecule has 13 heavy (non-hydrogen) atoms. The van der Waals surface area contributed by atoms with Crippen LogP contribution in [0.15, 0.2) is 0 Å². The summed E-state index contributed by atoms with van der Waals surface area (Å²) in [6.45, 7) is 6.03. The van der Waals surface area contributed by atoms with Crippen molar-refractivity contribution in [2.45, 2.75) is 52.9 Å². The summed E-state index contributed by atoms with van der Waals surface area (Å²) in [6, 6.07) is 0. The molecule has 0 aromatic rings. The first-order chi connectivity index (χ1) is 5.63. The Labute approximate surface area is 91.0 Å². The summed E-state index contributed by atoms with van der Waals surface area (Å²) in [7, 11) is 0. The van der Waals surface area contributed by atoms with Crippen LogP contribution < -0.4 is 0 Å². The van der Waals surface area contributed by atoms with Gasteiger partial charge >= 0.3 is 5.97 Å². The van der Waals surface area contributed by atoms with E-state index in [1.807, 2.05) is 13.8 Å². The van der Waals surface area contributed by atoms with Gasteiger partial charge < -0.3 is 5.11 Å². The van der Waals surface area contributed by atoms with Gasteiger partial charge in [-0.05, 0) is 19.3 Å². The molecule has 0 aliphatic rings. The smallest absolute Gasteiger partial charge is 0.309 e. The van der Waals surface area contributed by atoms with Gasteiger partial charge in [0.05, 0.1) is 5.41 Å². The molecule has 0 bridgehead atoms. The van der Waals surface area contributed by atoms with Crippen molar-refractivity contribution in [3.63, 3.8) is 0 Å². The Balaban J connectivity index is 0. The molecule has 0 saturated carbocycles. The van der Waals surface area contributed by atoms with Crippen LogP contribution in [0.4, 0.5) is 0 Å². The van der Waals surface area contributed by atoms with Gasteiger partial charge in [-0.1, -0.05) is 33.6 Å². The summed E-state index contributed by atoms with van der Waals surface area (Å²) in [6.07, 6.45) is 4.42. The molecule has 0 spiro atoms. The van der Waals surface area contributed by atoms with Crippen LogP contribution in [0.1, 0.15) is 52.9 Å². The summed E-state index contributed by atoms with van der Waals surface area (Å²) in [5.41, 5.74) is -0.448. The van der Waals surface area contributed by atoms with E-state index < -0.39 is 11.4 Å². The van der Waals surface area contributed by atoms with Crippen LogP contribution in [0, 0.1) is 5.41 Å². The molecule has 0 rings (SSSR count). The van der Waals surface area contributed by atoms with Crippen LogP contribution >= 0.6 is 0 Å². The maximum absolute atomic E-state index is 11.0. The second-order valence-electron chi connectivity index (χ2n) is 3.40. The molecule has 3 heteroatoms. The van der Waals surface area contributed by atoms with E-state index in [0.717, 1.165) is 32.1 Å².